The van der Waals surface area contributed by atoms with Gasteiger partial charge < -0.3 is 14.2 Å². The average Bonchev–Trinajstić information content (AvgIpc) is 3.14. The van der Waals surface area contributed by atoms with Gasteiger partial charge in [-0.05, 0) is 89.9 Å². The summed E-state index contributed by atoms with van der Waals surface area (Å²) in [4.78, 5) is 37.5. The zero-order valence-electron chi connectivity index (χ0n) is 33.8. The minimum Gasteiger partial charge on any atom is -0.462 e. The third-order valence-electron chi connectivity index (χ3n) is 8.75. The number of allylic oxidation sites excluding steroid dienone is 10. The normalized spacial score (nSPS) is 12.6. The minimum absolute atomic E-state index is 0.111. The lowest BCUT2D eigenvalue weighted by molar-refractivity contribution is -0.167. The van der Waals surface area contributed by atoms with Gasteiger partial charge in [0.25, 0.3) is 0 Å². The number of carbonyl (C=O) groups excluding carboxylic acids is 3. The van der Waals surface area contributed by atoms with E-state index in [0.717, 1.165) is 70.6 Å². The Morgan fingerprint density at radius 3 is 1.42 bits per heavy atom. The maximum Gasteiger partial charge on any atom is 0.306 e. The van der Waals surface area contributed by atoms with Crippen molar-refractivity contribution in [1.29, 1.82) is 0 Å². The van der Waals surface area contributed by atoms with Gasteiger partial charge >= 0.3 is 17.9 Å². The Kier molecular flexibility index (Phi) is 38.6. The van der Waals surface area contributed by atoms with E-state index >= 15 is 0 Å². The number of unbranched alkanes of at least 4 members (excludes halogenated alkanes) is 17. The molecule has 1 unspecified atom stereocenters. The molecule has 0 heterocycles. The molecule has 298 valence electrons. The van der Waals surface area contributed by atoms with Crippen LogP contribution >= 0.6 is 0 Å². The second kappa shape index (κ2) is 40.9. The molecule has 6 nitrogen and oxygen atoms in total. The van der Waals surface area contributed by atoms with E-state index < -0.39 is 6.10 Å². The lowest BCUT2D eigenvalue weighted by Crippen LogP contribution is -2.30. The predicted molar refractivity (Wildman–Crippen MR) is 219 cm³/mol. The zero-order valence-corrected chi connectivity index (χ0v) is 33.8. The van der Waals surface area contributed by atoms with Gasteiger partial charge in [-0.15, -0.1) is 0 Å². The van der Waals surface area contributed by atoms with E-state index in [4.69, 9.17) is 14.2 Å². The molecule has 0 amide bonds. The number of esters is 3. The Balaban J connectivity index is 4.43. The first-order valence-corrected chi connectivity index (χ1v) is 21.3. The molecule has 0 N–H and O–H groups in total. The number of rotatable bonds is 37. The smallest absolute Gasteiger partial charge is 0.306 e. The molecular formula is C46H78O6. The van der Waals surface area contributed by atoms with Crippen LogP contribution in [0.25, 0.3) is 0 Å². The van der Waals surface area contributed by atoms with Gasteiger partial charge in [-0.25, -0.2) is 0 Å². The standard InChI is InChI=1S/C46H78O6/c1-4-7-10-13-16-19-20-21-22-23-24-25-28-30-33-36-39-45(48)51-42-43(52-46(49)40-37-34-31-27-18-15-12-9-6-3)41-50-44(47)38-35-32-29-26-17-14-11-8-5-2/h9,12,18,22-27,29,43H,4-8,10-11,13-17,19-21,28,30-42H2,1-3H3/b12-9-,23-22-,25-24-,27-18-,29-26-. The Hall–Kier alpha value is -2.89. The molecule has 0 fully saturated rings. The van der Waals surface area contributed by atoms with Crippen molar-refractivity contribution in [3.8, 4) is 0 Å². The molecule has 0 spiro atoms. The van der Waals surface area contributed by atoms with Crippen LogP contribution in [0.5, 0.6) is 0 Å². The van der Waals surface area contributed by atoms with Gasteiger partial charge in [0.1, 0.15) is 13.2 Å². The van der Waals surface area contributed by atoms with Crippen LogP contribution in [0.15, 0.2) is 60.8 Å². The summed E-state index contributed by atoms with van der Waals surface area (Å²) in [6.07, 6.45) is 48.0. The average molecular weight is 727 g/mol. The molecule has 0 radical (unpaired) electrons. The van der Waals surface area contributed by atoms with Crippen LogP contribution < -0.4 is 0 Å². The molecule has 0 aliphatic carbocycles. The fraction of sp³-hybridized carbons (Fsp3) is 0.717. The summed E-state index contributed by atoms with van der Waals surface area (Å²) in [6, 6.07) is 0. The fourth-order valence-electron chi connectivity index (χ4n) is 5.53. The molecule has 0 saturated carbocycles. The van der Waals surface area contributed by atoms with Gasteiger partial charge in [-0.2, -0.15) is 0 Å². The molecule has 0 saturated heterocycles. The van der Waals surface area contributed by atoms with Crippen molar-refractivity contribution >= 4 is 17.9 Å². The van der Waals surface area contributed by atoms with Crippen LogP contribution in [-0.2, 0) is 28.6 Å². The summed E-state index contributed by atoms with van der Waals surface area (Å²) in [5.74, 6) is -1.02. The highest BCUT2D eigenvalue weighted by Gasteiger charge is 2.19. The highest BCUT2D eigenvalue weighted by Crippen LogP contribution is 2.11. The number of hydrogen-bond acceptors (Lipinski definition) is 6. The van der Waals surface area contributed by atoms with E-state index in [1.165, 1.54) is 70.6 Å². The highest BCUT2D eigenvalue weighted by atomic mass is 16.6. The molecule has 0 bridgehead atoms. The molecule has 6 heteroatoms. The van der Waals surface area contributed by atoms with Gasteiger partial charge in [0, 0.05) is 19.3 Å². The van der Waals surface area contributed by atoms with Crippen LogP contribution in [0.1, 0.15) is 194 Å². The van der Waals surface area contributed by atoms with Gasteiger partial charge in [0.15, 0.2) is 6.10 Å². The van der Waals surface area contributed by atoms with Gasteiger partial charge in [-0.1, -0.05) is 146 Å². The highest BCUT2D eigenvalue weighted by molar-refractivity contribution is 5.71. The number of carbonyl (C=O) groups is 3. The van der Waals surface area contributed by atoms with E-state index in [1.54, 1.807) is 0 Å². The van der Waals surface area contributed by atoms with E-state index in [-0.39, 0.29) is 37.5 Å². The quantitative estimate of drug-likeness (QED) is 0.0208. The first-order chi connectivity index (χ1) is 25.5. The molecule has 0 rings (SSSR count). The topological polar surface area (TPSA) is 78.9 Å². The summed E-state index contributed by atoms with van der Waals surface area (Å²) in [6.45, 7) is 6.36. The molecule has 1 atom stereocenters. The van der Waals surface area contributed by atoms with Crippen molar-refractivity contribution in [2.75, 3.05) is 13.2 Å². The molecule has 0 aromatic carbocycles. The first-order valence-electron chi connectivity index (χ1n) is 21.3. The van der Waals surface area contributed by atoms with Crippen molar-refractivity contribution < 1.29 is 28.6 Å². The summed E-state index contributed by atoms with van der Waals surface area (Å²) in [7, 11) is 0. The van der Waals surface area contributed by atoms with Gasteiger partial charge in [0.05, 0.1) is 0 Å². The Morgan fingerprint density at radius 1 is 0.423 bits per heavy atom. The maximum absolute atomic E-state index is 12.6. The lowest BCUT2D eigenvalue weighted by atomic mass is 10.1. The zero-order chi connectivity index (χ0) is 38.0. The predicted octanol–water partition coefficient (Wildman–Crippen LogP) is 13.4. The van der Waals surface area contributed by atoms with E-state index in [9.17, 15) is 14.4 Å². The van der Waals surface area contributed by atoms with Crippen molar-refractivity contribution in [3.05, 3.63) is 60.8 Å². The van der Waals surface area contributed by atoms with Crippen LogP contribution in [0.3, 0.4) is 0 Å². The molecular weight excluding hydrogens is 649 g/mol. The molecule has 0 aromatic rings. The third-order valence-corrected chi connectivity index (χ3v) is 8.75. The van der Waals surface area contributed by atoms with Gasteiger partial charge in [0.2, 0.25) is 0 Å². The van der Waals surface area contributed by atoms with Crippen molar-refractivity contribution in [2.24, 2.45) is 0 Å². The molecule has 52 heavy (non-hydrogen) atoms. The summed E-state index contributed by atoms with van der Waals surface area (Å²) in [5.41, 5.74) is 0. The molecule has 0 aromatic heterocycles. The van der Waals surface area contributed by atoms with E-state index in [2.05, 4.69) is 81.5 Å². The van der Waals surface area contributed by atoms with E-state index in [0.29, 0.717) is 25.7 Å². The maximum atomic E-state index is 12.6. The molecule has 0 aliphatic rings. The monoisotopic (exact) mass is 727 g/mol. The van der Waals surface area contributed by atoms with Gasteiger partial charge in [-0.3, -0.25) is 14.4 Å². The van der Waals surface area contributed by atoms with E-state index in [1.807, 2.05) is 0 Å². The van der Waals surface area contributed by atoms with Crippen molar-refractivity contribution in [2.45, 2.75) is 200 Å². The number of ether oxygens (including phenoxy) is 3. The first kappa shape index (κ1) is 49.1. The minimum atomic E-state index is -0.808. The largest absolute Gasteiger partial charge is 0.462 e. The molecule has 0 aliphatic heterocycles. The van der Waals surface area contributed by atoms with Crippen LogP contribution in [0.4, 0.5) is 0 Å². The van der Waals surface area contributed by atoms with Crippen LogP contribution in [0, 0.1) is 0 Å². The second-order valence-electron chi connectivity index (χ2n) is 13.9. The Labute approximate surface area is 320 Å². The summed E-state index contributed by atoms with van der Waals surface area (Å²) in [5, 5.41) is 0. The summed E-state index contributed by atoms with van der Waals surface area (Å²) < 4.78 is 16.5. The Morgan fingerprint density at radius 2 is 0.827 bits per heavy atom. The van der Waals surface area contributed by atoms with Crippen LogP contribution in [-0.4, -0.2) is 37.2 Å². The van der Waals surface area contributed by atoms with Crippen molar-refractivity contribution in [1.82, 2.24) is 0 Å². The lowest BCUT2D eigenvalue weighted by Gasteiger charge is -2.18. The Bertz CT molecular complexity index is 975. The third kappa shape index (κ3) is 38.3. The van der Waals surface area contributed by atoms with Crippen molar-refractivity contribution in [3.63, 3.8) is 0 Å². The second-order valence-corrected chi connectivity index (χ2v) is 13.9. The van der Waals surface area contributed by atoms with Crippen LogP contribution in [0.2, 0.25) is 0 Å². The number of hydrogen-bond donors (Lipinski definition) is 0. The SMILES string of the molecule is CC/C=C\C/C=C\CCCCC(=O)OC(COC(=O)CCC/C=C\CCCCCC)COC(=O)CCCCC/C=C\C=C/CCCCCCCCC. The fourth-order valence-corrected chi connectivity index (χ4v) is 5.53. The summed E-state index contributed by atoms with van der Waals surface area (Å²) >= 11 is 0.